The molecule has 1 saturated heterocycles. The highest BCUT2D eigenvalue weighted by atomic mass is 16.2. The summed E-state index contributed by atoms with van der Waals surface area (Å²) in [5.41, 5.74) is 1.45. The molecule has 0 radical (unpaired) electrons. The first-order valence-electron chi connectivity index (χ1n) is 10.7. The summed E-state index contributed by atoms with van der Waals surface area (Å²) in [7, 11) is 0. The summed E-state index contributed by atoms with van der Waals surface area (Å²) >= 11 is 0. The van der Waals surface area contributed by atoms with Crippen LogP contribution >= 0.6 is 0 Å². The van der Waals surface area contributed by atoms with Gasteiger partial charge in [0.1, 0.15) is 0 Å². The summed E-state index contributed by atoms with van der Waals surface area (Å²) in [6.45, 7) is 3.81. The molecule has 0 spiro atoms. The first-order chi connectivity index (χ1) is 15.1. The highest BCUT2D eigenvalue weighted by molar-refractivity contribution is 6.09. The van der Waals surface area contributed by atoms with Gasteiger partial charge in [-0.3, -0.25) is 9.69 Å². The molecule has 0 aliphatic carbocycles. The molecule has 0 atom stereocenters. The Kier molecular flexibility index (Phi) is 6.14. The Labute approximate surface area is 183 Å². The SMILES string of the molecule is CCCN(Cc1ccccc1)CN1C(=O)NC(c2ccccc2)(c2ccccc2)C1=O. The molecular weight excluding hydrogens is 386 g/mol. The molecule has 0 bridgehead atoms. The summed E-state index contributed by atoms with van der Waals surface area (Å²) in [6, 6.07) is 28.7. The third kappa shape index (κ3) is 4.09. The van der Waals surface area contributed by atoms with Gasteiger partial charge in [-0.15, -0.1) is 0 Å². The molecule has 4 rings (SSSR count). The molecule has 0 saturated carbocycles. The van der Waals surface area contributed by atoms with E-state index >= 15 is 0 Å². The number of carbonyl (C=O) groups excluding carboxylic acids is 2. The fraction of sp³-hybridized carbons (Fsp3) is 0.231. The second-order valence-corrected chi connectivity index (χ2v) is 7.82. The van der Waals surface area contributed by atoms with Crippen molar-refractivity contribution in [3.63, 3.8) is 0 Å². The molecule has 5 heteroatoms. The lowest BCUT2D eigenvalue weighted by Crippen LogP contribution is -2.46. The normalized spacial score (nSPS) is 15.4. The number of rotatable bonds is 8. The predicted molar refractivity (Wildman–Crippen MR) is 121 cm³/mol. The number of hydrogen-bond donors (Lipinski definition) is 1. The van der Waals surface area contributed by atoms with Crippen LogP contribution in [0.25, 0.3) is 0 Å². The summed E-state index contributed by atoms with van der Waals surface area (Å²) in [5, 5.41) is 3.02. The second-order valence-electron chi connectivity index (χ2n) is 7.82. The van der Waals surface area contributed by atoms with Crippen molar-refractivity contribution in [3.05, 3.63) is 108 Å². The van der Waals surface area contributed by atoms with Gasteiger partial charge in [-0.25, -0.2) is 9.69 Å². The van der Waals surface area contributed by atoms with Crippen molar-refractivity contribution in [2.45, 2.75) is 25.4 Å². The van der Waals surface area contributed by atoms with Gasteiger partial charge < -0.3 is 5.32 Å². The fourth-order valence-electron chi connectivity index (χ4n) is 4.20. The fourth-order valence-corrected chi connectivity index (χ4v) is 4.20. The maximum absolute atomic E-state index is 13.8. The molecule has 3 amide bonds. The third-order valence-electron chi connectivity index (χ3n) is 5.65. The lowest BCUT2D eigenvalue weighted by atomic mass is 9.83. The Morgan fingerprint density at radius 3 is 1.84 bits per heavy atom. The van der Waals surface area contributed by atoms with Crippen molar-refractivity contribution in [1.82, 2.24) is 15.1 Å². The van der Waals surface area contributed by atoms with E-state index in [0.717, 1.165) is 29.7 Å². The summed E-state index contributed by atoms with van der Waals surface area (Å²) in [5.74, 6) is -0.246. The molecule has 1 aliphatic heterocycles. The number of carbonyl (C=O) groups is 2. The molecule has 5 nitrogen and oxygen atoms in total. The van der Waals surface area contributed by atoms with Gasteiger partial charge in [-0.2, -0.15) is 0 Å². The van der Waals surface area contributed by atoms with Crippen molar-refractivity contribution < 1.29 is 9.59 Å². The number of benzene rings is 3. The number of imide groups is 1. The number of nitrogens with zero attached hydrogens (tertiary/aromatic N) is 2. The molecule has 0 aromatic heterocycles. The second kappa shape index (κ2) is 9.14. The molecule has 1 heterocycles. The summed E-state index contributed by atoms with van der Waals surface area (Å²) in [6.07, 6.45) is 0.930. The van der Waals surface area contributed by atoms with E-state index in [-0.39, 0.29) is 18.6 Å². The van der Waals surface area contributed by atoms with Crippen LogP contribution in [0.15, 0.2) is 91.0 Å². The van der Waals surface area contributed by atoms with Crippen LogP contribution in [-0.4, -0.2) is 35.0 Å². The van der Waals surface area contributed by atoms with Crippen molar-refractivity contribution in [3.8, 4) is 0 Å². The maximum atomic E-state index is 13.8. The lowest BCUT2D eigenvalue weighted by Gasteiger charge is -2.29. The van der Waals surface area contributed by atoms with E-state index in [2.05, 4.69) is 29.3 Å². The monoisotopic (exact) mass is 413 g/mol. The van der Waals surface area contributed by atoms with Crippen LogP contribution in [0.3, 0.4) is 0 Å². The lowest BCUT2D eigenvalue weighted by molar-refractivity contribution is -0.131. The van der Waals surface area contributed by atoms with Crippen LogP contribution in [0.1, 0.15) is 30.0 Å². The van der Waals surface area contributed by atoms with Crippen LogP contribution in [0.2, 0.25) is 0 Å². The van der Waals surface area contributed by atoms with Crippen LogP contribution < -0.4 is 5.32 Å². The van der Waals surface area contributed by atoms with Gasteiger partial charge in [-0.05, 0) is 29.7 Å². The molecule has 1 N–H and O–H groups in total. The minimum atomic E-state index is -1.22. The van der Waals surface area contributed by atoms with Gasteiger partial charge in [0.25, 0.3) is 5.91 Å². The van der Waals surface area contributed by atoms with E-state index in [1.54, 1.807) is 0 Å². The van der Waals surface area contributed by atoms with Crippen LogP contribution in [0, 0.1) is 0 Å². The van der Waals surface area contributed by atoms with Crippen LogP contribution in [0.5, 0.6) is 0 Å². The first kappa shape index (κ1) is 20.8. The van der Waals surface area contributed by atoms with E-state index in [4.69, 9.17) is 0 Å². The van der Waals surface area contributed by atoms with Crippen molar-refractivity contribution in [2.75, 3.05) is 13.2 Å². The Hall–Kier alpha value is -3.44. The summed E-state index contributed by atoms with van der Waals surface area (Å²) in [4.78, 5) is 30.4. The smallest absolute Gasteiger partial charge is 0.315 e. The molecule has 31 heavy (non-hydrogen) atoms. The quantitative estimate of drug-likeness (QED) is 0.559. The van der Waals surface area contributed by atoms with Gasteiger partial charge in [0.05, 0.1) is 6.67 Å². The molecule has 3 aromatic carbocycles. The minimum Gasteiger partial charge on any atom is -0.315 e. The van der Waals surface area contributed by atoms with Crippen molar-refractivity contribution in [2.24, 2.45) is 0 Å². The van der Waals surface area contributed by atoms with Crippen LogP contribution in [0.4, 0.5) is 4.79 Å². The molecule has 1 aliphatic rings. The molecular formula is C26H27N3O2. The predicted octanol–water partition coefficient (Wildman–Crippen LogP) is 4.35. The molecule has 158 valence electrons. The van der Waals surface area contributed by atoms with Crippen molar-refractivity contribution >= 4 is 11.9 Å². The van der Waals surface area contributed by atoms with E-state index in [1.807, 2.05) is 78.9 Å². The Balaban J connectivity index is 1.67. The summed E-state index contributed by atoms with van der Waals surface area (Å²) < 4.78 is 0. The Bertz CT molecular complexity index is 983. The molecule has 3 aromatic rings. The van der Waals surface area contributed by atoms with Crippen LogP contribution in [-0.2, 0) is 16.9 Å². The van der Waals surface area contributed by atoms with E-state index in [0.29, 0.717) is 6.54 Å². The van der Waals surface area contributed by atoms with Gasteiger partial charge in [0, 0.05) is 6.54 Å². The number of urea groups is 1. The number of nitrogens with one attached hydrogen (secondary N) is 1. The molecule has 1 fully saturated rings. The minimum absolute atomic E-state index is 0.245. The Morgan fingerprint density at radius 1 is 0.806 bits per heavy atom. The van der Waals surface area contributed by atoms with Crippen molar-refractivity contribution in [1.29, 1.82) is 0 Å². The zero-order valence-electron chi connectivity index (χ0n) is 17.7. The van der Waals surface area contributed by atoms with Gasteiger partial charge in [0.15, 0.2) is 5.54 Å². The zero-order chi connectivity index (χ0) is 21.7. The highest BCUT2D eigenvalue weighted by Gasteiger charge is 2.53. The third-order valence-corrected chi connectivity index (χ3v) is 5.65. The zero-order valence-corrected chi connectivity index (χ0v) is 17.7. The van der Waals surface area contributed by atoms with E-state index in [1.165, 1.54) is 4.90 Å². The van der Waals surface area contributed by atoms with Gasteiger partial charge >= 0.3 is 6.03 Å². The molecule has 0 unspecified atom stereocenters. The highest BCUT2D eigenvalue weighted by Crippen LogP contribution is 2.36. The first-order valence-corrected chi connectivity index (χ1v) is 10.7. The standard InChI is InChI=1S/C26H27N3O2/c1-2-18-28(19-21-12-6-3-7-13-21)20-29-24(30)26(27-25(29)31,22-14-8-4-9-15-22)23-16-10-5-11-17-23/h3-17H,2,18-20H2,1H3,(H,27,31). The van der Waals surface area contributed by atoms with Gasteiger partial charge in [-0.1, -0.05) is 97.9 Å². The largest absolute Gasteiger partial charge is 0.326 e. The average molecular weight is 414 g/mol. The Morgan fingerprint density at radius 2 is 1.32 bits per heavy atom. The topological polar surface area (TPSA) is 52.6 Å². The number of hydrogen-bond acceptors (Lipinski definition) is 3. The van der Waals surface area contributed by atoms with E-state index in [9.17, 15) is 9.59 Å². The average Bonchev–Trinajstić information content (AvgIpc) is 3.07. The van der Waals surface area contributed by atoms with E-state index < -0.39 is 5.54 Å². The van der Waals surface area contributed by atoms with Gasteiger partial charge in [0.2, 0.25) is 0 Å². The maximum Gasteiger partial charge on any atom is 0.326 e. The number of amides is 3.